The van der Waals surface area contributed by atoms with Crippen LogP contribution < -0.4 is 15.5 Å². The van der Waals surface area contributed by atoms with Crippen molar-refractivity contribution in [2.45, 2.75) is 13.8 Å². The molecule has 0 spiro atoms. The van der Waals surface area contributed by atoms with E-state index in [4.69, 9.17) is 0 Å². The molecule has 3 aromatic carbocycles. The van der Waals surface area contributed by atoms with Gasteiger partial charge in [0.05, 0.1) is 16.8 Å². The van der Waals surface area contributed by atoms with Crippen molar-refractivity contribution >= 4 is 40.7 Å². The van der Waals surface area contributed by atoms with Gasteiger partial charge in [-0.05, 0) is 80.6 Å². The minimum absolute atomic E-state index is 0.308. The van der Waals surface area contributed by atoms with Gasteiger partial charge in [0.2, 0.25) is 5.95 Å². The average Bonchev–Trinajstić information content (AvgIpc) is 3.10. The molecule has 1 aromatic heterocycles. The zero-order chi connectivity index (χ0) is 24.5. The highest BCUT2D eigenvalue weighted by Crippen LogP contribution is 2.28. The van der Waals surface area contributed by atoms with E-state index >= 15 is 0 Å². The maximum Gasteiger partial charge on any atom is 0.266 e. The smallest absolute Gasteiger partial charge is 0.266 e. The molecule has 3 amide bonds. The van der Waals surface area contributed by atoms with Crippen molar-refractivity contribution in [2.75, 3.05) is 15.5 Å². The third-order valence-electron chi connectivity index (χ3n) is 5.56. The molecule has 5 rings (SSSR count). The van der Waals surface area contributed by atoms with Crippen LogP contribution >= 0.6 is 0 Å². The van der Waals surface area contributed by atoms with Gasteiger partial charge in [-0.1, -0.05) is 12.1 Å². The summed E-state index contributed by atoms with van der Waals surface area (Å²) >= 11 is 0. The Balaban J connectivity index is 1.25. The predicted octanol–water partition coefficient (Wildman–Crippen LogP) is 4.89. The topological polar surface area (TPSA) is 104 Å². The molecule has 8 heteroatoms. The lowest BCUT2D eigenvalue weighted by molar-refractivity contribution is 0.0925. The van der Waals surface area contributed by atoms with Crippen LogP contribution in [-0.4, -0.2) is 27.7 Å². The molecule has 0 aliphatic carbocycles. The minimum Gasteiger partial charge on any atom is -0.324 e. The Hall–Kier alpha value is -4.85. The van der Waals surface area contributed by atoms with Crippen LogP contribution in [0.3, 0.4) is 0 Å². The predicted molar refractivity (Wildman–Crippen MR) is 133 cm³/mol. The van der Waals surface area contributed by atoms with E-state index < -0.39 is 0 Å². The highest BCUT2D eigenvalue weighted by atomic mass is 16.2. The summed E-state index contributed by atoms with van der Waals surface area (Å²) < 4.78 is 0. The van der Waals surface area contributed by atoms with Crippen molar-refractivity contribution in [3.8, 4) is 0 Å². The van der Waals surface area contributed by atoms with Crippen molar-refractivity contribution in [2.24, 2.45) is 0 Å². The lowest BCUT2D eigenvalue weighted by Crippen LogP contribution is -2.29. The van der Waals surface area contributed by atoms with Crippen LogP contribution in [0.1, 0.15) is 42.5 Å². The summed E-state index contributed by atoms with van der Waals surface area (Å²) in [5.41, 5.74) is 4.72. The minimum atomic E-state index is -0.372. The Morgan fingerprint density at radius 3 is 1.86 bits per heavy atom. The van der Waals surface area contributed by atoms with Gasteiger partial charge in [0, 0.05) is 28.3 Å². The highest BCUT2D eigenvalue weighted by molar-refractivity contribution is 6.34. The fourth-order valence-electron chi connectivity index (χ4n) is 3.94. The molecule has 1 aliphatic rings. The van der Waals surface area contributed by atoms with Crippen LogP contribution in [0.4, 0.5) is 23.0 Å². The van der Waals surface area contributed by atoms with Crippen molar-refractivity contribution in [1.82, 2.24) is 9.97 Å². The number of aromatic nitrogens is 2. The van der Waals surface area contributed by atoms with Crippen LogP contribution in [0.25, 0.3) is 0 Å². The third-order valence-corrected chi connectivity index (χ3v) is 5.56. The van der Waals surface area contributed by atoms with E-state index in [0.29, 0.717) is 34.0 Å². The number of fused-ring (bicyclic) bond motifs is 1. The molecule has 172 valence electrons. The van der Waals surface area contributed by atoms with Gasteiger partial charge in [-0.2, -0.15) is 0 Å². The molecule has 0 saturated carbocycles. The Kier molecular flexibility index (Phi) is 5.54. The van der Waals surface area contributed by atoms with E-state index in [1.807, 2.05) is 32.0 Å². The largest absolute Gasteiger partial charge is 0.324 e. The summed E-state index contributed by atoms with van der Waals surface area (Å²) in [6, 6.07) is 22.2. The Labute approximate surface area is 201 Å². The van der Waals surface area contributed by atoms with E-state index in [-0.39, 0.29) is 17.7 Å². The van der Waals surface area contributed by atoms with Crippen LogP contribution in [0.15, 0.2) is 78.9 Å². The molecule has 35 heavy (non-hydrogen) atoms. The van der Waals surface area contributed by atoms with Crippen LogP contribution in [0.5, 0.6) is 0 Å². The van der Waals surface area contributed by atoms with Crippen LogP contribution in [0, 0.1) is 13.8 Å². The number of amides is 3. The molecule has 0 fully saturated rings. The van der Waals surface area contributed by atoms with Gasteiger partial charge in [0.15, 0.2) is 0 Å². The van der Waals surface area contributed by atoms with E-state index in [0.717, 1.165) is 22.0 Å². The molecule has 8 nitrogen and oxygen atoms in total. The monoisotopic (exact) mass is 463 g/mol. The SMILES string of the molecule is Cc1cc(C)nc(Nc2ccc(NC(=O)c3ccc(N4C(=O)c5ccccc5C4=O)cc3)cc2)n1. The number of nitrogens with zero attached hydrogens (tertiary/aromatic N) is 3. The van der Waals surface area contributed by atoms with Crippen LogP contribution in [0.2, 0.25) is 0 Å². The van der Waals surface area contributed by atoms with Gasteiger partial charge in [-0.15, -0.1) is 0 Å². The zero-order valence-corrected chi connectivity index (χ0v) is 19.1. The second kappa shape index (κ2) is 8.83. The second-order valence-electron chi connectivity index (χ2n) is 8.17. The highest BCUT2D eigenvalue weighted by Gasteiger charge is 2.36. The van der Waals surface area contributed by atoms with Gasteiger partial charge in [-0.25, -0.2) is 14.9 Å². The summed E-state index contributed by atoms with van der Waals surface area (Å²) in [7, 11) is 0. The molecule has 2 heterocycles. The first-order chi connectivity index (χ1) is 16.9. The molecule has 4 aromatic rings. The molecule has 0 saturated heterocycles. The van der Waals surface area contributed by atoms with Crippen molar-refractivity contribution < 1.29 is 14.4 Å². The molecule has 0 unspecified atom stereocenters. The number of carbonyl (C=O) groups is 3. The first-order valence-corrected chi connectivity index (χ1v) is 11.0. The second-order valence-corrected chi connectivity index (χ2v) is 8.17. The normalized spacial score (nSPS) is 12.5. The lowest BCUT2D eigenvalue weighted by Gasteiger charge is -2.14. The molecule has 1 aliphatic heterocycles. The summed E-state index contributed by atoms with van der Waals surface area (Å²) in [4.78, 5) is 47.9. The van der Waals surface area contributed by atoms with Crippen molar-refractivity contribution in [3.05, 3.63) is 107 Å². The van der Waals surface area contributed by atoms with Crippen molar-refractivity contribution in [3.63, 3.8) is 0 Å². The number of anilines is 4. The first-order valence-electron chi connectivity index (χ1n) is 11.0. The maximum absolute atomic E-state index is 12.7. The van der Waals surface area contributed by atoms with E-state index in [9.17, 15) is 14.4 Å². The number of imide groups is 1. The number of hydrogen-bond acceptors (Lipinski definition) is 6. The Morgan fingerprint density at radius 1 is 0.743 bits per heavy atom. The molecule has 0 radical (unpaired) electrons. The molecule has 0 atom stereocenters. The number of aryl methyl sites for hydroxylation is 2. The number of rotatable bonds is 5. The molecular formula is C27H21N5O3. The summed E-state index contributed by atoms with van der Waals surface area (Å²) in [5, 5.41) is 5.99. The number of nitrogens with one attached hydrogen (secondary N) is 2. The van der Waals surface area contributed by atoms with Crippen LogP contribution in [-0.2, 0) is 0 Å². The lowest BCUT2D eigenvalue weighted by atomic mass is 10.1. The summed E-state index contributed by atoms with van der Waals surface area (Å²) in [6.45, 7) is 3.82. The number of hydrogen-bond donors (Lipinski definition) is 2. The fourth-order valence-corrected chi connectivity index (χ4v) is 3.94. The van der Waals surface area contributed by atoms with E-state index in [1.54, 1.807) is 60.7 Å². The van der Waals surface area contributed by atoms with Gasteiger partial charge in [0.1, 0.15) is 0 Å². The summed E-state index contributed by atoms with van der Waals surface area (Å²) in [5.74, 6) is -0.542. The standard InChI is InChI=1S/C27H21N5O3/c1-16-15-17(2)29-27(28-16)31-20-11-9-19(10-12-20)30-24(33)18-7-13-21(14-8-18)32-25(34)22-5-3-4-6-23(22)26(32)35/h3-15H,1-2H3,(H,30,33)(H,28,29,31). The van der Waals surface area contributed by atoms with Gasteiger partial charge in [-0.3, -0.25) is 14.4 Å². The summed E-state index contributed by atoms with van der Waals surface area (Å²) in [6.07, 6.45) is 0. The molecular weight excluding hydrogens is 442 g/mol. The first kappa shape index (κ1) is 22.0. The Bertz CT molecular complexity index is 1410. The Morgan fingerprint density at radius 2 is 1.29 bits per heavy atom. The van der Waals surface area contributed by atoms with E-state index in [1.165, 1.54) is 0 Å². The molecule has 0 bridgehead atoms. The maximum atomic E-state index is 12.7. The fraction of sp³-hybridized carbons (Fsp3) is 0.0741. The zero-order valence-electron chi connectivity index (χ0n) is 19.1. The number of benzene rings is 3. The van der Waals surface area contributed by atoms with Gasteiger partial charge >= 0.3 is 0 Å². The van der Waals surface area contributed by atoms with Gasteiger partial charge < -0.3 is 10.6 Å². The van der Waals surface area contributed by atoms with Gasteiger partial charge in [0.25, 0.3) is 17.7 Å². The average molecular weight is 463 g/mol. The molecule has 2 N–H and O–H groups in total. The van der Waals surface area contributed by atoms with Crippen molar-refractivity contribution in [1.29, 1.82) is 0 Å². The number of carbonyl (C=O) groups excluding carboxylic acids is 3. The quantitative estimate of drug-likeness (QED) is 0.409. The van der Waals surface area contributed by atoms with E-state index in [2.05, 4.69) is 20.6 Å². The third kappa shape index (κ3) is 4.37.